The highest BCUT2D eigenvalue weighted by atomic mass is 32.1. The predicted molar refractivity (Wildman–Crippen MR) is 112 cm³/mol. The second kappa shape index (κ2) is 8.81. The SMILES string of the molecule is C=C(/C=C(/C)c1c(CN(C)C)cn([S+]=CC2CC2CCC)c1C)OC. The zero-order valence-electron chi connectivity index (χ0n) is 16.6. The summed E-state index contributed by atoms with van der Waals surface area (Å²) in [6.45, 7) is 11.5. The van der Waals surface area contributed by atoms with Crippen LogP contribution >= 0.6 is 0 Å². The maximum atomic E-state index is 5.23. The van der Waals surface area contributed by atoms with E-state index in [-0.39, 0.29) is 0 Å². The summed E-state index contributed by atoms with van der Waals surface area (Å²) >= 11 is 1.84. The monoisotopic (exact) mass is 361 g/mol. The van der Waals surface area contributed by atoms with Crippen molar-refractivity contribution in [3.8, 4) is 0 Å². The summed E-state index contributed by atoms with van der Waals surface area (Å²) in [5.74, 6) is 2.40. The molecule has 2 unspecified atom stereocenters. The van der Waals surface area contributed by atoms with Crippen LogP contribution in [0.2, 0.25) is 0 Å². The molecule has 1 aromatic rings. The standard InChI is InChI=1S/C21H33N2OS/c1-8-9-18-11-19(18)14-25-23-13-20(12-22(5)6)21(17(23)4)15(2)10-16(3)24-7/h10,13-14,18-19H,3,8-9,11-12H2,1-2,4-7H3/q+1/b15-10-. The molecule has 0 aliphatic heterocycles. The molecule has 0 radical (unpaired) electrons. The van der Waals surface area contributed by atoms with E-state index >= 15 is 0 Å². The van der Waals surface area contributed by atoms with Crippen LogP contribution in [0, 0.1) is 18.8 Å². The summed E-state index contributed by atoms with van der Waals surface area (Å²) in [7, 11) is 5.89. The van der Waals surface area contributed by atoms with Crippen molar-refractivity contribution in [1.82, 2.24) is 8.87 Å². The number of aromatic nitrogens is 1. The van der Waals surface area contributed by atoms with Crippen LogP contribution in [0.3, 0.4) is 0 Å². The Hall–Kier alpha value is -1.39. The van der Waals surface area contributed by atoms with Crippen molar-refractivity contribution in [2.45, 2.75) is 46.6 Å². The molecule has 0 bridgehead atoms. The van der Waals surface area contributed by atoms with Crippen molar-refractivity contribution in [2.24, 2.45) is 11.8 Å². The van der Waals surface area contributed by atoms with Crippen LogP contribution in [-0.4, -0.2) is 35.4 Å². The molecule has 0 amide bonds. The first kappa shape index (κ1) is 19.9. The Morgan fingerprint density at radius 3 is 2.80 bits per heavy atom. The van der Waals surface area contributed by atoms with Gasteiger partial charge in [-0.15, -0.1) is 3.97 Å². The van der Waals surface area contributed by atoms with E-state index in [1.165, 1.54) is 41.7 Å². The summed E-state index contributed by atoms with van der Waals surface area (Å²) in [5, 5.41) is 2.43. The highest BCUT2D eigenvalue weighted by molar-refractivity contribution is 7.75. The summed E-state index contributed by atoms with van der Waals surface area (Å²) in [6, 6.07) is 0. The third kappa shape index (κ3) is 5.29. The van der Waals surface area contributed by atoms with E-state index in [9.17, 15) is 0 Å². The number of allylic oxidation sites excluding steroid dienone is 2. The molecule has 1 aliphatic carbocycles. The van der Waals surface area contributed by atoms with E-state index in [1.807, 2.05) is 17.6 Å². The minimum atomic E-state index is 0.694. The van der Waals surface area contributed by atoms with Crippen LogP contribution in [0.5, 0.6) is 0 Å². The van der Waals surface area contributed by atoms with Crippen LogP contribution in [0.4, 0.5) is 0 Å². The van der Waals surface area contributed by atoms with Crippen LogP contribution in [-0.2, 0) is 22.8 Å². The zero-order chi connectivity index (χ0) is 18.6. The molecule has 0 aromatic carbocycles. The molecule has 1 aliphatic rings. The topological polar surface area (TPSA) is 17.4 Å². The van der Waals surface area contributed by atoms with Gasteiger partial charge in [-0.3, -0.25) is 0 Å². The van der Waals surface area contributed by atoms with Gasteiger partial charge in [0, 0.05) is 18.0 Å². The van der Waals surface area contributed by atoms with Gasteiger partial charge in [0.05, 0.1) is 19.0 Å². The Balaban J connectivity index is 2.28. The lowest BCUT2D eigenvalue weighted by atomic mass is 10.0. The van der Waals surface area contributed by atoms with E-state index in [0.29, 0.717) is 5.76 Å². The minimum absolute atomic E-state index is 0.694. The molecule has 25 heavy (non-hydrogen) atoms. The van der Waals surface area contributed by atoms with Crippen molar-refractivity contribution in [3.05, 3.63) is 41.4 Å². The lowest BCUT2D eigenvalue weighted by molar-refractivity contribution is 0.309. The molecule has 2 rings (SSSR count). The van der Waals surface area contributed by atoms with Crippen LogP contribution in [0.25, 0.3) is 5.57 Å². The molecule has 0 saturated heterocycles. The number of ether oxygens (including phenoxy) is 1. The molecule has 138 valence electrons. The smallest absolute Gasteiger partial charge is 0.328 e. The molecule has 3 nitrogen and oxygen atoms in total. The fourth-order valence-electron chi connectivity index (χ4n) is 3.41. The fourth-order valence-corrected chi connectivity index (χ4v) is 4.47. The average Bonchev–Trinajstić information content (AvgIpc) is 3.21. The normalized spacial score (nSPS) is 20.5. The van der Waals surface area contributed by atoms with Crippen LogP contribution in [0.1, 0.15) is 49.9 Å². The molecule has 2 atom stereocenters. The Labute approximate surface area is 157 Å². The van der Waals surface area contributed by atoms with E-state index in [0.717, 1.165) is 18.4 Å². The average molecular weight is 362 g/mol. The van der Waals surface area contributed by atoms with E-state index < -0.39 is 0 Å². The van der Waals surface area contributed by atoms with Crippen LogP contribution in [0.15, 0.2) is 24.6 Å². The summed E-state index contributed by atoms with van der Waals surface area (Å²) in [4.78, 5) is 2.22. The lowest BCUT2D eigenvalue weighted by Crippen LogP contribution is -2.11. The third-order valence-electron chi connectivity index (χ3n) is 4.79. The Kier molecular flexibility index (Phi) is 7.03. The maximum absolute atomic E-state index is 5.23. The lowest BCUT2D eigenvalue weighted by Gasteiger charge is -2.11. The van der Waals surface area contributed by atoms with Gasteiger partial charge in [0.15, 0.2) is 0 Å². The first-order valence-electron chi connectivity index (χ1n) is 9.14. The Morgan fingerprint density at radius 2 is 2.20 bits per heavy atom. The second-order valence-electron chi connectivity index (χ2n) is 7.37. The number of nitrogens with zero attached hydrogens (tertiary/aromatic N) is 2. The van der Waals surface area contributed by atoms with E-state index in [1.54, 1.807) is 7.11 Å². The molecule has 4 heteroatoms. The molecule has 1 aromatic heterocycles. The molecule has 1 fully saturated rings. The van der Waals surface area contributed by atoms with Gasteiger partial charge in [0.1, 0.15) is 5.76 Å². The predicted octanol–water partition coefficient (Wildman–Crippen LogP) is 4.51. The van der Waals surface area contributed by atoms with Gasteiger partial charge in [0.25, 0.3) is 0 Å². The largest absolute Gasteiger partial charge is 0.497 e. The van der Waals surface area contributed by atoms with Gasteiger partial charge >= 0.3 is 11.5 Å². The number of hydrogen-bond donors (Lipinski definition) is 0. The van der Waals surface area contributed by atoms with E-state index in [2.05, 4.69) is 61.9 Å². The maximum Gasteiger partial charge on any atom is 0.328 e. The van der Waals surface area contributed by atoms with Gasteiger partial charge < -0.3 is 9.64 Å². The molecule has 0 spiro atoms. The minimum Gasteiger partial charge on any atom is -0.497 e. The summed E-state index contributed by atoms with van der Waals surface area (Å²) in [5.41, 5.74) is 5.16. The van der Waals surface area contributed by atoms with Gasteiger partial charge in [-0.2, -0.15) is 0 Å². The molecule has 0 N–H and O–H groups in total. The molecule has 1 saturated carbocycles. The highest BCUT2D eigenvalue weighted by Crippen LogP contribution is 2.40. The first-order chi connectivity index (χ1) is 11.9. The number of methoxy groups -OCH3 is 1. The quantitative estimate of drug-likeness (QED) is 0.279. The van der Waals surface area contributed by atoms with Crippen molar-refractivity contribution in [2.75, 3.05) is 21.2 Å². The first-order valence-corrected chi connectivity index (χ1v) is 9.98. The van der Waals surface area contributed by atoms with Gasteiger partial charge in [0.2, 0.25) is 5.37 Å². The Bertz CT molecular complexity index is 670. The fraction of sp³-hybridized carbons (Fsp3) is 0.571. The van der Waals surface area contributed by atoms with Crippen molar-refractivity contribution in [1.29, 1.82) is 0 Å². The highest BCUT2D eigenvalue weighted by Gasteiger charge is 2.38. The van der Waals surface area contributed by atoms with Crippen molar-refractivity contribution < 1.29 is 4.74 Å². The van der Waals surface area contributed by atoms with Crippen molar-refractivity contribution >= 4 is 22.5 Å². The number of hydrogen-bond acceptors (Lipinski definition) is 2. The molecular weight excluding hydrogens is 328 g/mol. The second-order valence-corrected chi connectivity index (χ2v) is 8.24. The van der Waals surface area contributed by atoms with Gasteiger partial charge in [-0.25, -0.2) is 0 Å². The third-order valence-corrected chi connectivity index (χ3v) is 5.87. The van der Waals surface area contributed by atoms with Crippen molar-refractivity contribution in [3.63, 3.8) is 0 Å². The zero-order valence-corrected chi connectivity index (χ0v) is 17.4. The van der Waals surface area contributed by atoms with Gasteiger partial charge in [-0.1, -0.05) is 19.9 Å². The Morgan fingerprint density at radius 1 is 1.48 bits per heavy atom. The number of rotatable bonds is 9. The van der Waals surface area contributed by atoms with Crippen LogP contribution < -0.4 is 0 Å². The molecular formula is C21H33N2OS+. The summed E-state index contributed by atoms with van der Waals surface area (Å²) in [6.07, 6.45) is 8.34. The summed E-state index contributed by atoms with van der Waals surface area (Å²) < 4.78 is 7.55. The van der Waals surface area contributed by atoms with E-state index in [4.69, 9.17) is 4.74 Å². The van der Waals surface area contributed by atoms with Gasteiger partial charge in [-0.05, 0) is 63.9 Å². The molecule has 1 heterocycles.